The van der Waals surface area contributed by atoms with Crippen molar-refractivity contribution in [3.8, 4) is 0 Å². The van der Waals surface area contributed by atoms with Gasteiger partial charge in [-0.05, 0) is 30.9 Å². The normalized spacial score (nSPS) is 17.7. The fourth-order valence-corrected chi connectivity index (χ4v) is 2.65. The molecule has 98 valence electrons. The van der Waals surface area contributed by atoms with Crippen molar-refractivity contribution in [3.05, 3.63) is 34.9 Å². The van der Waals surface area contributed by atoms with Crippen LogP contribution in [0.4, 0.5) is 0 Å². The van der Waals surface area contributed by atoms with Gasteiger partial charge in [0.05, 0.1) is 5.54 Å². The van der Waals surface area contributed by atoms with Gasteiger partial charge in [-0.15, -0.1) is 0 Å². The number of hydrogen-bond donors (Lipinski definition) is 2. The first-order valence-electron chi connectivity index (χ1n) is 6.42. The fourth-order valence-electron chi connectivity index (χ4n) is 2.42. The van der Waals surface area contributed by atoms with Crippen LogP contribution < -0.4 is 11.1 Å². The van der Waals surface area contributed by atoms with Crippen LogP contribution in [0.25, 0.3) is 0 Å². The Morgan fingerprint density at radius 2 is 2.00 bits per heavy atom. The molecule has 0 spiro atoms. The molecule has 0 aromatic heterocycles. The minimum Gasteiger partial charge on any atom is -0.354 e. The number of nitrogens with two attached hydrogens (primary N) is 1. The molecule has 4 heteroatoms. The second-order valence-electron chi connectivity index (χ2n) is 4.96. The Kier molecular flexibility index (Phi) is 4.25. The summed E-state index contributed by atoms with van der Waals surface area (Å²) in [4.78, 5) is 12.0. The number of carbonyl (C=O) groups excluding carboxylic acids is 1. The second kappa shape index (κ2) is 5.72. The van der Waals surface area contributed by atoms with E-state index in [1.54, 1.807) is 0 Å². The largest absolute Gasteiger partial charge is 0.354 e. The van der Waals surface area contributed by atoms with Crippen molar-refractivity contribution in [3.63, 3.8) is 0 Å². The van der Waals surface area contributed by atoms with Crippen molar-refractivity contribution in [2.24, 2.45) is 5.73 Å². The molecule has 0 saturated heterocycles. The number of halogens is 1. The van der Waals surface area contributed by atoms with E-state index in [0.29, 0.717) is 6.54 Å². The van der Waals surface area contributed by atoms with E-state index in [4.69, 9.17) is 17.3 Å². The molecular formula is C14H19ClN2O. The molecule has 1 amide bonds. The number of carbonyl (C=O) groups is 1. The fraction of sp³-hybridized carbons (Fsp3) is 0.500. The van der Waals surface area contributed by atoms with E-state index in [9.17, 15) is 4.79 Å². The lowest BCUT2D eigenvalue weighted by molar-refractivity contribution is -0.126. The molecule has 0 unspecified atom stereocenters. The van der Waals surface area contributed by atoms with Crippen LogP contribution in [0.2, 0.25) is 5.02 Å². The third-order valence-electron chi connectivity index (χ3n) is 3.59. The molecule has 1 aromatic carbocycles. The predicted octanol–water partition coefficient (Wildman–Crippen LogP) is 2.27. The number of rotatable bonds is 4. The summed E-state index contributed by atoms with van der Waals surface area (Å²) in [5.74, 6) is -0.0212. The maximum atomic E-state index is 12.0. The van der Waals surface area contributed by atoms with E-state index in [2.05, 4.69) is 5.32 Å². The molecule has 1 aliphatic rings. The number of benzene rings is 1. The zero-order valence-corrected chi connectivity index (χ0v) is 11.2. The number of hydrogen-bond acceptors (Lipinski definition) is 2. The van der Waals surface area contributed by atoms with Gasteiger partial charge in [0, 0.05) is 11.6 Å². The van der Waals surface area contributed by atoms with Crippen LogP contribution >= 0.6 is 11.6 Å². The van der Waals surface area contributed by atoms with Crippen molar-refractivity contribution in [2.75, 3.05) is 6.54 Å². The van der Waals surface area contributed by atoms with Crippen LogP contribution in [0.3, 0.4) is 0 Å². The summed E-state index contributed by atoms with van der Waals surface area (Å²) >= 11 is 6.06. The lowest BCUT2D eigenvalue weighted by Gasteiger charge is -2.22. The molecule has 1 aromatic rings. The summed E-state index contributed by atoms with van der Waals surface area (Å²) < 4.78 is 0. The predicted molar refractivity (Wildman–Crippen MR) is 73.6 cm³/mol. The third-order valence-corrected chi connectivity index (χ3v) is 3.95. The summed E-state index contributed by atoms with van der Waals surface area (Å²) in [5.41, 5.74) is 6.49. The molecule has 1 aliphatic carbocycles. The van der Waals surface area contributed by atoms with Crippen molar-refractivity contribution < 1.29 is 4.79 Å². The van der Waals surface area contributed by atoms with Gasteiger partial charge in [-0.2, -0.15) is 0 Å². The maximum absolute atomic E-state index is 12.0. The van der Waals surface area contributed by atoms with E-state index in [1.807, 2.05) is 24.3 Å². The van der Waals surface area contributed by atoms with Crippen molar-refractivity contribution in [1.82, 2.24) is 5.32 Å². The third kappa shape index (κ3) is 3.03. The van der Waals surface area contributed by atoms with E-state index >= 15 is 0 Å². The van der Waals surface area contributed by atoms with Crippen LogP contribution in [0.15, 0.2) is 24.3 Å². The lowest BCUT2D eigenvalue weighted by Crippen LogP contribution is -2.52. The zero-order valence-electron chi connectivity index (χ0n) is 10.4. The molecule has 0 aliphatic heterocycles. The van der Waals surface area contributed by atoms with Crippen LogP contribution in [-0.2, 0) is 11.2 Å². The highest BCUT2D eigenvalue weighted by atomic mass is 35.5. The Morgan fingerprint density at radius 3 is 2.67 bits per heavy atom. The summed E-state index contributed by atoms with van der Waals surface area (Å²) in [6.45, 7) is 0.585. The highest BCUT2D eigenvalue weighted by Crippen LogP contribution is 2.27. The quantitative estimate of drug-likeness (QED) is 0.878. The van der Waals surface area contributed by atoms with Gasteiger partial charge < -0.3 is 11.1 Å². The van der Waals surface area contributed by atoms with Gasteiger partial charge in [0.2, 0.25) is 5.91 Å². The summed E-state index contributed by atoms with van der Waals surface area (Å²) in [7, 11) is 0. The molecule has 3 nitrogen and oxygen atoms in total. The average molecular weight is 267 g/mol. The first kappa shape index (κ1) is 13.4. The summed E-state index contributed by atoms with van der Waals surface area (Å²) in [6.07, 6.45) is 4.43. The smallest absolute Gasteiger partial charge is 0.240 e. The average Bonchev–Trinajstić information content (AvgIpc) is 2.80. The van der Waals surface area contributed by atoms with Gasteiger partial charge in [0.1, 0.15) is 0 Å². The monoisotopic (exact) mass is 266 g/mol. The first-order valence-corrected chi connectivity index (χ1v) is 6.80. The van der Waals surface area contributed by atoms with Crippen molar-refractivity contribution in [2.45, 2.75) is 37.6 Å². The second-order valence-corrected chi connectivity index (χ2v) is 5.37. The number of amides is 1. The summed E-state index contributed by atoms with van der Waals surface area (Å²) in [6, 6.07) is 7.69. The van der Waals surface area contributed by atoms with Gasteiger partial charge in [-0.3, -0.25) is 4.79 Å². The zero-order chi connectivity index (χ0) is 13.0. The van der Waals surface area contributed by atoms with E-state index < -0.39 is 5.54 Å². The molecule has 2 rings (SSSR count). The Labute approximate surface area is 113 Å². The Bertz CT molecular complexity index is 428. The van der Waals surface area contributed by atoms with Crippen molar-refractivity contribution in [1.29, 1.82) is 0 Å². The van der Waals surface area contributed by atoms with E-state index in [0.717, 1.165) is 42.7 Å². The van der Waals surface area contributed by atoms with Crippen LogP contribution in [0, 0.1) is 0 Å². The maximum Gasteiger partial charge on any atom is 0.240 e. The van der Waals surface area contributed by atoms with E-state index in [1.165, 1.54) is 0 Å². The SMILES string of the molecule is NC1(C(=O)NCCc2ccccc2Cl)CCCC1. The number of nitrogens with one attached hydrogen (secondary N) is 1. The molecular weight excluding hydrogens is 248 g/mol. The van der Waals surface area contributed by atoms with Crippen LogP contribution in [0.5, 0.6) is 0 Å². The molecule has 0 atom stereocenters. The van der Waals surface area contributed by atoms with Crippen LogP contribution in [0.1, 0.15) is 31.2 Å². The molecule has 0 bridgehead atoms. The van der Waals surface area contributed by atoms with Gasteiger partial charge in [0.25, 0.3) is 0 Å². The van der Waals surface area contributed by atoms with Gasteiger partial charge >= 0.3 is 0 Å². The highest BCUT2D eigenvalue weighted by Gasteiger charge is 2.36. The van der Waals surface area contributed by atoms with E-state index in [-0.39, 0.29) is 5.91 Å². The molecule has 1 saturated carbocycles. The van der Waals surface area contributed by atoms with Gasteiger partial charge in [0.15, 0.2) is 0 Å². The van der Waals surface area contributed by atoms with Crippen molar-refractivity contribution >= 4 is 17.5 Å². The Balaban J connectivity index is 1.82. The first-order chi connectivity index (χ1) is 8.62. The Morgan fingerprint density at radius 1 is 1.33 bits per heavy atom. The highest BCUT2D eigenvalue weighted by molar-refractivity contribution is 6.31. The van der Waals surface area contributed by atoms with Gasteiger partial charge in [-0.25, -0.2) is 0 Å². The summed E-state index contributed by atoms with van der Waals surface area (Å²) in [5, 5.41) is 3.66. The topological polar surface area (TPSA) is 55.1 Å². The standard InChI is InChI=1S/C14H19ClN2O/c15-12-6-2-1-5-11(12)7-10-17-13(18)14(16)8-3-4-9-14/h1-2,5-6H,3-4,7-10,16H2,(H,17,18). The minimum absolute atomic E-state index is 0.0212. The molecule has 3 N–H and O–H groups in total. The Hall–Kier alpha value is -1.06. The minimum atomic E-state index is -0.638. The molecule has 18 heavy (non-hydrogen) atoms. The van der Waals surface area contributed by atoms with Crippen LogP contribution in [-0.4, -0.2) is 18.0 Å². The molecule has 1 fully saturated rings. The molecule has 0 radical (unpaired) electrons. The lowest BCUT2D eigenvalue weighted by atomic mass is 9.98. The molecule has 0 heterocycles. The van der Waals surface area contributed by atoms with Gasteiger partial charge in [-0.1, -0.05) is 42.6 Å².